The molecule has 4 rings (SSSR count). The third kappa shape index (κ3) is 4.42. The molecule has 32 heavy (non-hydrogen) atoms. The van der Waals surface area contributed by atoms with Crippen LogP contribution < -0.4 is 4.80 Å². The monoisotopic (exact) mass is 475 g/mol. The maximum Gasteiger partial charge on any atom is 0.266 e. The van der Waals surface area contributed by atoms with E-state index in [2.05, 4.69) is 24.0 Å². The van der Waals surface area contributed by atoms with E-state index in [4.69, 9.17) is 0 Å². The first kappa shape index (κ1) is 22.8. The van der Waals surface area contributed by atoms with Gasteiger partial charge in [-0.2, -0.15) is 9.30 Å². The van der Waals surface area contributed by atoms with Crippen molar-refractivity contribution in [2.75, 3.05) is 6.54 Å². The van der Waals surface area contributed by atoms with Crippen molar-refractivity contribution in [3.63, 3.8) is 0 Å². The quantitative estimate of drug-likeness (QED) is 0.541. The van der Waals surface area contributed by atoms with Gasteiger partial charge in [-0.3, -0.25) is 4.79 Å². The topological polar surface area (TPSA) is 71.7 Å². The van der Waals surface area contributed by atoms with Crippen LogP contribution in [-0.2, 0) is 28.3 Å². The molecule has 1 atom stereocenters. The molecule has 0 N–H and O–H groups in total. The van der Waals surface area contributed by atoms with E-state index in [0.29, 0.717) is 17.6 Å². The van der Waals surface area contributed by atoms with Crippen molar-refractivity contribution in [2.45, 2.75) is 50.0 Å². The van der Waals surface area contributed by atoms with Gasteiger partial charge >= 0.3 is 0 Å². The van der Waals surface area contributed by atoms with Crippen molar-refractivity contribution in [3.05, 3.63) is 58.6 Å². The van der Waals surface area contributed by atoms with Gasteiger partial charge in [-0.1, -0.05) is 30.7 Å². The van der Waals surface area contributed by atoms with E-state index in [0.717, 1.165) is 41.6 Å². The number of aryl methyl sites for hydroxylation is 2. The molecule has 2 heterocycles. The van der Waals surface area contributed by atoms with Gasteiger partial charge < -0.3 is 4.57 Å². The van der Waals surface area contributed by atoms with Gasteiger partial charge in [-0.15, -0.1) is 0 Å². The molecule has 1 aliphatic heterocycles. The van der Waals surface area contributed by atoms with Crippen molar-refractivity contribution >= 4 is 37.5 Å². The van der Waals surface area contributed by atoms with Crippen LogP contribution in [-0.4, -0.2) is 35.8 Å². The highest BCUT2D eigenvalue weighted by molar-refractivity contribution is 7.89. The number of carbonyl (C=O) groups is 1. The number of rotatable bonds is 6. The number of carbonyl (C=O) groups excluding carboxylic acids is 1. The molecule has 0 spiro atoms. The number of aromatic nitrogens is 1. The lowest BCUT2D eigenvalue weighted by Crippen LogP contribution is -2.40. The average Bonchev–Trinajstić information content (AvgIpc) is 3.38. The molecule has 0 aliphatic carbocycles. The average molecular weight is 476 g/mol. The van der Waals surface area contributed by atoms with E-state index in [-0.39, 0.29) is 11.4 Å². The number of halogens is 1. The number of amides is 1. The first-order valence-corrected chi connectivity index (χ1v) is 13.0. The van der Waals surface area contributed by atoms with Crippen LogP contribution in [0.5, 0.6) is 0 Å². The summed E-state index contributed by atoms with van der Waals surface area (Å²) in [5.41, 5.74) is 2.25. The summed E-state index contributed by atoms with van der Waals surface area (Å²) in [5.74, 6) is -0.982. The van der Waals surface area contributed by atoms with Crippen LogP contribution in [0.3, 0.4) is 0 Å². The number of unbranched alkanes of at least 4 members (excludes halogenated alkanes) is 1. The summed E-state index contributed by atoms with van der Waals surface area (Å²) in [6.07, 6.45) is 4.25. The smallest absolute Gasteiger partial charge is 0.266 e. The molecule has 1 aromatic heterocycles. The molecule has 0 saturated carbocycles. The molecule has 9 heteroatoms. The summed E-state index contributed by atoms with van der Waals surface area (Å²) in [7, 11) is -2.05. The standard InChI is InChI=1S/C23H26FN3O3S2/c1-3-4-6-16-8-13-19-21(15-16)31-23(26(19)2)25-22(28)20-7-5-14-27(20)32(29,30)18-11-9-17(24)10-12-18/h8-13,15,20H,3-7,14H2,1-2H3. The summed E-state index contributed by atoms with van der Waals surface area (Å²) in [5, 5.41) is 0. The molecule has 1 aliphatic rings. The Kier molecular flexibility index (Phi) is 6.60. The van der Waals surface area contributed by atoms with Gasteiger partial charge in [0.05, 0.1) is 15.1 Å². The van der Waals surface area contributed by atoms with E-state index in [1.165, 1.54) is 33.3 Å². The summed E-state index contributed by atoms with van der Waals surface area (Å²) < 4.78 is 43.5. The number of nitrogens with zero attached hydrogens (tertiary/aromatic N) is 3. The van der Waals surface area contributed by atoms with Crippen LogP contribution in [0, 0.1) is 5.82 Å². The van der Waals surface area contributed by atoms with Crippen LogP contribution in [0.1, 0.15) is 38.2 Å². The van der Waals surface area contributed by atoms with Crippen molar-refractivity contribution in [2.24, 2.45) is 12.0 Å². The molecule has 3 aromatic rings. The van der Waals surface area contributed by atoms with Gasteiger partial charge in [-0.25, -0.2) is 12.8 Å². The minimum atomic E-state index is -3.91. The maximum absolute atomic E-state index is 13.2. The largest absolute Gasteiger partial charge is 0.319 e. The fourth-order valence-electron chi connectivity index (χ4n) is 4.01. The Labute approximate surface area is 191 Å². The van der Waals surface area contributed by atoms with Crippen LogP contribution in [0.25, 0.3) is 10.2 Å². The number of thiazole rings is 1. The van der Waals surface area contributed by atoms with E-state index in [1.807, 2.05) is 17.7 Å². The summed E-state index contributed by atoms with van der Waals surface area (Å²) >= 11 is 1.43. The summed E-state index contributed by atoms with van der Waals surface area (Å²) in [4.78, 5) is 17.9. The fourth-order valence-corrected chi connectivity index (χ4v) is 6.75. The SMILES string of the molecule is CCCCc1ccc2c(c1)sc(=NC(=O)C1CCCN1S(=O)(=O)c1ccc(F)cc1)n2C. The van der Waals surface area contributed by atoms with Crippen LogP contribution in [0.2, 0.25) is 0 Å². The van der Waals surface area contributed by atoms with Gasteiger partial charge in [0.15, 0.2) is 4.80 Å². The Balaban J connectivity index is 1.64. The van der Waals surface area contributed by atoms with Gasteiger partial charge in [0, 0.05) is 13.6 Å². The minimum Gasteiger partial charge on any atom is -0.319 e. The molecular formula is C23H26FN3O3S2. The van der Waals surface area contributed by atoms with E-state index in [9.17, 15) is 17.6 Å². The summed E-state index contributed by atoms with van der Waals surface area (Å²) in [6, 6.07) is 10.1. The third-order valence-corrected chi connectivity index (χ3v) is 8.82. The molecule has 0 radical (unpaired) electrons. The zero-order valence-corrected chi connectivity index (χ0v) is 19.8. The Hall–Kier alpha value is -2.36. The van der Waals surface area contributed by atoms with Crippen molar-refractivity contribution in [1.29, 1.82) is 0 Å². The second-order valence-corrected chi connectivity index (χ2v) is 10.9. The molecule has 1 fully saturated rings. The third-order valence-electron chi connectivity index (χ3n) is 5.81. The number of hydrogen-bond acceptors (Lipinski definition) is 4. The predicted octanol–water partition coefficient (Wildman–Crippen LogP) is 4.00. The van der Waals surface area contributed by atoms with Crippen molar-refractivity contribution in [3.8, 4) is 0 Å². The Morgan fingerprint density at radius 2 is 1.97 bits per heavy atom. The molecule has 2 aromatic carbocycles. The Morgan fingerprint density at radius 3 is 2.69 bits per heavy atom. The molecule has 0 bridgehead atoms. The lowest BCUT2D eigenvalue weighted by Gasteiger charge is -2.21. The molecule has 6 nitrogen and oxygen atoms in total. The predicted molar refractivity (Wildman–Crippen MR) is 123 cm³/mol. The highest BCUT2D eigenvalue weighted by atomic mass is 32.2. The van der Waals surface area contributed by atoms with E-state index in [1.54, 1.807) is 0 Å². The van der Waals surface area contributed by atoms with E-state index >= 15 is 0 Å². The number of hydrogen-bond donors (Lipinski definition) is 0. The second kappa shape index (κ2) is 9.25. The first-order valence-electron chi connectivity index (χ1n) is 10.8. The number of sulfonamides is 1. The Morgan fingerprint density at radius 1 is 1.22 bits per heavy atom. The van der Waals surface area contributed by atoms with Gasteiger partial charge in [0.25, 0.3) is 5.91 Å². The minimum absolute atomic E-state index is 0.0226. The zero-order valence-electron chi connectivity index (χ0n) is 18.1. The van der Waals surface area contributed by atoms with Crippen molar-refractivity contribution < 1.29 is 17.6 Å². The lowest BCUT2D eigenvalue weighted by atomic mass is 10.1. The molecule has 1 amide bonds. The van der Waals surface area contributed by atoms with Crippen LogP contribution in [0.4, 0.5) is 4.39 Å². The second-order valence-electron chi connectivity index (χ2n) is 8.03. The summed E-state index contributed by atoms with van der Waals surface area (Å²) in [6.45, 7) is 2.40. The molecule has 1 unspecified atom stereocenters. The van der Waals surface area contributed by atoms with Gasteiger partial charge in [0.2, 0.25) is 10.0 Å². The highest BCUT2D eigenvalue weighted by Crippen LogP contribution is 2.27. The maximum atomic E-state index is 13.2. The molecule has 1 saturated heterocycles. The van der Waals surface area contributed by atoms with Gasteiger partial charge in [0.1, 0.15) is 11.9 Å². The normalized spacial score (nSPS) is 18.0. The zero-order chi connectivity index (χ0) is 22.9. The molecular weight excluding hydrogens is 449 g/mol. The highest BCUT2D eigenvalue weighted by Gasteiger charge is 2.39. The number of fused-ring (bicyclic) bond motifs is 1. The van der Waals surface area contributed by atoms with Crippen LogP contribution >= 0.6 is 11.3 Å². The van der Waals surface area contributed by atoms with Gasteiger partial charge in [-0.05, 0) is 67.6 Å². The van der Waals surface area contributed by atoms with Crippen LogP contribution in [0.15, 0.2) is 52.4 Å². The Bertz CT molecular complexity index is 1310. The van der Waals surface area contributed by atoms with Crippen molar-refractivity contribution in [1.82, 2.24) is 8.87 Å². The molecule has 170 valence electrons. The fraction of sp³-hybridized carbons (Fsp3) is 0.391. The first-order chi connectivity index (χ1) is 15.3. The van der Waals surface area contributed by atoms with E-state index < -0.39 is 27.8 Å². The lowest BCUT2D eigenvalue weighted by molar-refractivity contribution is -0.121. The number of benzene rings is 2.